The Balaban J connectivity index is 1.52. The van der Waals surface area contributed by atoms with Crippen molar-refractivity contribution in [1.82, 2.24) is 0 Å². The molecule has 9 nitrogen and oxygen atoms in total. The molecule has 0 saturated heterocycles. The Kier molecular flexibility index (Phi) is 6.66. The van der Waals surface area contributed by atoms with Gasteiger partial charge in [0.25, 0.3) is 0 Å². The molecule has 3 aliphatic rings. The molecule has 0 atom stereocenters. The molecular weight excluding hydrogens is 526 g/mol. The van der Waals surface area contributed by atoms with E-state index in [1.165, 1.54) is 42.5 Å². The molecule has 41 heavy (non-hydrogen) atoms. The van der Waals surface area contributed by atoms with E-state index in [9.17, 15) is 34.2 Å². The summed E-state index contributed by atoms with van der Waals surface area (Å²) in [6.45, 7) is 4.93. The number of phenols is 1. The number of phenolic OH excluding ortho intramolecular Hbond substituents is 1. The van der Waals surface area contributed by atoms with Crippen LogP contribution in [0, 0.1) is 5.41 Å². The molecule has 0 fully saturated rings. The molecule has 1 aliphatic heterocycles. The lowest BCUT2D eigenvalue weighted by Crippen LogP contribution is -2.29. The van der Waals surface area contributed by atoms with E-state index in [0.717, 1.165) is 0 Å². The average molecular weight is 552 g/mol. The molecule has 2 aromatic rings. The number of allylic oxidation sites excluding steroid dienone is 4. The Morgan fingerprint density at radius 3 is 2.37 bits per heavy atom. The molecule has 0 aromatic heterocycles. The minimum Gasteiger partial charge on any atom is -0.508 e. The number of fused-ring (bicyclic) bond motifs is 2. The molecule has 0 saturated carbocycles. The van der Waals surface area contributed by atoms with Crippen molar-refractivity contribution in [2.75, 3.05) is 5.32 Å². The van der Waals surface area contributed by atoms with Crippen LogP contribution in [0.2, 0.25) is 0 Å². The van der Waals surface area contributed by atoms with Gasteiger partial charge in [-0.1, -0.05) is 19.9 Å². The van der Waals surface area contributed by atoms with E-state index in [2.05, 4.69) is 5.32 Å². The van der Waals surface area contributed by atoms with Crippen molar-refractivity contribution in [3.05, 3.63) is 93.7 Å². The number of rotatable bonds is 6. The summed E-state index contributed by atoms with van der Waals surface area (Å²) in [4.78, 5) is 62.1. The molecule has 5 rings (SSSR count). The van der Waals surface area contributed by atoms with Crippen molar-refractivity contribution in [2.24, 2.45) is 5.41 Å². The smallest absolute Gasteiger partial charge is 0.336 e. The average Bonchev–Trinajstić information content (AvgIpc) is 2.88. The Labute approximate surface area is 233 Å². The number of hydrogen-bond acceptors (Lipinski definition) is 7. The number of carbonyl (C=O) groups excluding carboxylic acids is 3. The van der Waals surface area contributed by atoms with Gasteiger partial charge in [-0.25, -0.2) is 4.79 Å². The maximum Gasteiger partial charge on any atom is 0.336 e. The van der Waals surface area contributed by atoms with Gasteiger partial charge >= 0.3 is 5.97 Å². The Bertz CT molecular complexity index is 1890. The lowest BCUT2D eigenvalue weighted by atomic mass is 9.76. The highest BCUT2D eigenvalue weighted by Gasteiger charge is 2.33. The van der Waals surface area contributed by atoms with Crippen molar-refractivity contribution in [3.8, 4) is 28.2 Å². The molecule has 3 N–H and O–H groups in total. The third-order valence-corrected chi connectivity index (χ3v) is 7.09. The number of hydrogen-bond donors (Lipinski definition) is 3. The molecule has 9 heteroatoms. The fourth-order valence-electron chi connectivity index (χ4n) is 5.06. The second-order valence-corrected chi connectivity index (χ2v) is 10.6. The lowest BCUT2D eigenvalue weighted by molar-refractivity contribution is -0.119. The van der Waals surface area contributed by atoms with Gasteiger partial charge in [-0.3, -0.25) is 19.2 Å². The minimum absolute atomic E-state index is 0.0644. The second kappa shape index (κ2) is 10.0. The van der Waals surface area contributed by atoms with Crippen LogP contribution in [0.15, 0.2) is 87.1 Å². The number of amides is 1. The molecule has 2 aromatic carbocycles. The maximum atomic E-state index is 13.0. The van der Waals surface area contributed by atoms with E-state index in [1.54, 1.807) is 45.0 Å². The van der Waals surface area contributed by atoms with Gasteiger partial charge in [-0.15, -0.1) is 0 Å². The van der Waals surface area contributed by atoms with Gasteiger partial charge in [0.05, 0.1) is 5.56 Å². The van der Waals surface area contributed by atoms with E-state index in [0.29, 0.717) is 27.6 Å². The van der Waals surface area contributed by atoms with Crippen LogP contribution < -0.4 is 10.7 Å². The van der Waals surface area contributed by atoms with Gasteiger partial charge in [-0.2, -0.15) is 0 Å². The lowest BCUT2D eigenvalue weighted by Gasteiger charge is -2.27. The molecule has 0 spiro atoms. The van der Waals surface area contributed by atoms with E-state index in [4.69, 9.17) is 4.42 Å². The Morgan fingerprint density at radius 2 is 1.63 bits per heavy atom. The van der Waals surface area contributed by atoms with E-state index < -0.39 is 17.3 Å². The largest absolute Gasteiger partial charge is 0.508 e. The highest BCUT2D eigenvalue weighted by Crippen LogP contribution is 2.42. The van der Waals surface area contributed by atoms with Crippen LogP contribution in [-0.2, 0) is 14.4 Å². The van der Waals surface area contributed by atoms with Crippen molar-refractivity contribution in [3.63, 3.8) is 0 Å². The first kappa shape index (κ1) is 27.3. The second-order valence-electron chi connectivity index (χ2n) is 10.6. The van der Waals surface area contributed by atoms with Gasteiger partial charge in [0, 0.05) is 57.3 Å². The van der Waals surface area contributed by atoms with Gasteiger partial charge < -0.3 is 19.9 Å². The molecule has 0 unspecified atom stereocenters. The highest BCUT2D eigenvalue weighted by atomic mass is 16.4. The fraction of sp³-hybridized carbons (Fsp3) is 0.156. The number of ketones is 2. The van der Waals surface area contributed by atoms with Crippen LogP contribution in [0.4, 0.5) is 5.69 Å². The number of nitrogens with one attached hydrogen (secondary N) is 1. The Morgan fingerprint density at radius 1 is 0.902 bits per heavy atom. The summed E-state index contributed by atoms with van der Waals surface area (Å²) in [7, 11) is 0. The third kappa shape index (κ3) is 5.17. The SMILES string of the molecule is CC1=CC(=O)C(C(C)(C)CC(=O)Nc2ccc(-c3c4ccc(=O)cc-4oc4cc(O)ccc34)c(C(=O)O)c2)=CC1=O. The van der Waals surface area contributed by atoms with Gasteiger partial charge in [-0.05, 0) is 61.0 Å². The summed E-state index contributed by atoms with van der Waals surface area (Å²) in [5.41, 5.74) is 0.940. The molecule has 1 amide bonds. The van der Waals surface area contributed by atoms with Crippen molar-refractivity contribution >= 4 is 40.1 Å². The summed E-state index contributed by atoms with van der Waals surface area (Å²) < 4.78 is 5.85. The molecule has 2 aliphatic carbocycles. The van der Waals surface area contributed by atoms with Crippen LogP contribution in [-0.4, -0.2) is 33.7 Å². The topological polar surface area (TPSA) is 151 Å². The van der Waals surface area contributed by atoms with Gasteiger partial charge in [0.1, 0.15) is 17.1 Å². The highest BCUT2D eigenvalue weighted by molar-refractivity contribution is 6.20. The van der Waals surface area contributed by atoms with Crippen LogP contribution >= 0.6 is 0 Å². The first-order valence-electron chi connectivity index (χ1n) is 12.7. The van der Waals surface area contributed by atoms with Crippen molar-refractivity contribution in [1.29, 1.82) is 0 Å². The summed E-state index contributed by atoms with van der Waals surface area (Å²) in [5.74, 6) is -2.19. The van der Waals surface area contributed by atoms with Gasteiger partial charge in [0.15, 0.2) is 17.0 Å². The molecule has 0 radical (unpaired) electrons. The normalized spacial score (nSPS) is 13.7. The van der Waals surface area contributed by atoms with Gasteiger partial charge in [0.2, 0.25) is 5.91 Å². The third-order valence-electron chi connectivity index (χ3n) is 7.09. The molecule has 1 heterocycles. The van der Waals surface area contributed by atoms with E-state index in [-0.39, 0.29) is 57.3 Å². The predicted octanol–water partition coefficient (Wildman–Crippen LogP) is 5.35. The summed E-state index contributed by atoms with van der Waals surface area (Å²) in [6, 6.07) is 13.0. The number of benzene rings is 3. The number of carboxylic acids is 1. The first-order valence-corrected chi connectivity index (χ1v) is 12.7. The zero-order valence-corrected chi connectivity index (χ0v) is 22.4. The quantitative estimate of drug-likeness (QED) is 0.214. The number of aromatic carboxylic acids is 1. The number of carboxylic acid groups (broad SMARTS) is 1. The minimum atomic E-state index is -1.25. The first-order chi connectivity index (χ1) is 19.3. The number of anilines is 1. The monoisotopic (exact) mass is 551 g/mol. The van der Waals surface area contributed by atoms with Crippen LogP contribution in [0.1, 0.15) is 37.6 Å². The van der Waals surface area contributed by atoms with E-state index >= 15 is 0 Å². The number of carbonyl (C=O) groups is 4. The number of aromatic hydroxyl groups is 1. The van der Waals surface area contributed by atoms with Crippen LogP contribution in [0.3, 0.4) is 0 Å². The zero-order chi connectivity index (χ0) is 29.6. The standard InChI is InChI=1S/C32H25NO8/c1-16-10-26(37)24(14-25(16)36)32(2,3)15-29(38)33-17-4-7-20(23(11-17)31(39)40)30-21-8-5-18(34)12-27(21)41-28-13-19(35)6-9-22(28)30/h4-14,34H,15H2,1-3H3,(H,33,38)(H,39,40). The van der Waals surface area contributed by atoms with Crippen molar-refractivity contribution in [2.45, 2.75) is 27.2 Å². The Hall–Kier alpha value is -5.31. The van der Waals surface area contributed by atoms with Crippen molar-refractivity contribution < 1.29 is 33.8 Å². The van der Waals surface area contributed by atoms with E-state index in [1.807, 2.05) is 0 Å². The maximum absolute atomic E-state index is 13.0. The summed E-state index contributed by atoms with van der Waals surface area (Å²) >= 11 is 0. The summed E-state index contributed by atoms with van der Waals surface area (Å²) in [6.07, 6.45) is 2.39. The molecule has 206 valence electrons. The predicted molar refractivity (Wildman–Crippen MR) is 152 cm³/mol. The van der Waals surface area contributed by atoms with Crippen LogP contribution in [0.25, 0.3) is 33.4 Å². The molecular formula is C32H25NO8. The van der Waals surface area contributed by atoms with Crippen LogP contribution in [0.5, 0.6) is 5.75 Å². The summed E-state index contributed by atoms with van der Waals surface area (Å²) in [5, 5.41) is 23.3. The fourth-order valence-corrected chi connectivity index (χ4v) is 5.06. The molecule has 0 bridgehead atoms. The zero-order valence-electron chi connectivity index (χ0n) is 22.4.